The zero-order valence-corrected chi connectivity index (χ0v) is 13.2. The fourth-order valence-electron chi connectivity index (χ4n) is 1.89. The van der Waals surface area contributed by atoms with Crippen molar-refractivity contribution in [3.05, 3.63) is 34.9 Å². The maximum atomic E-state index is 12.5. The highest BCUT2D eigenvalue weighted by Crippen LogP contribution is 2.14. The van der Waals surface area contributed by atoms with Gasteiger partial charge in [0, 0.05) is 30.8 Å². The Bertz CT molecular complexity index is 492. The minimum Gasteiger partial charge on any atom is -0.469 e. The summed E-state index contributed by atoms with van der Waals surface area (Å²) in [7, 11) is 2.89. The third-order valence-electron chi connectivity index (χ3n) is 3.02. The highest BCUT2D eigenvalue weighted by atomic mass is 35.5. The van der Waals surface area contributed by atoms with Crippen LogP contribution in [0.3, 0.4) is 0 Å². The summed E-state index contributed by atoms with van der Waals surface area (Å²) in [5.41, 5.74) is 0.482. The zero-order chi connectivity index (χ0) is 15.8. The zero-order valence-electron chi connectivity index (χ0n) is 12.5. The number of rotatable bonds is 7. The first kappa shape index (κ1) is 17.5. The summed E-state index contributed by atoms with van der Waals surface area (Å²) in [6, 6.07) is 6.71. The lowest BCUT2D eigenvalue weighted by Crippen LogP contribution is -2.39. The number of halogens is 1. The molecule has 0 bridgehead atoms. The van der Waals surface area contributed by atoms with Crippen LogP contribution in [0.15, 0.2) is 24.3 Å². The molecule has 0 fully saturated rings. The number of ether oxygens (including phenoxy) is 2. The fraction of sp³-hybridized carbons (Fsp3) is 0.467. The Morgan fingerprint density at radius 2 is 2.05 bits per heavy atom. The van der Waals surface area contributed by atoms with Crippen LogP contribution in [0.25, 0.3) is 0 Å². The Labute approximate surface area is 129 Å². The van der Waals surface area contributed by atoms with Gasteiger partial charge in [-0.2, -0.15) is 0 Å². The monoisotopic (exact) mass is 313 g/mol. The minimum atomic E-state index is -0.407. The summed E-state index contributed by atoms with van der Waals surface area (Å²) in [4.78, 5) is 25.6. The van der Waals surface area contributed by atoms with E-state index < -0.39 is 5.92 Å². The molecule has 21 heavy (non-hydrogen) atoms. The van der Waals surface area contributed by atoms with Crippen molar-refractivity contribution in [2.75, 3.05) is 33.9 Å². The molecule has 0 saturated heterocycles. The van der Waals surface area contributed by atoms with Crippen molar-refractivity contribution in [3.8, 4) is 0 Å². The molecule has 1 unspecified atom stereocenters. The number of carbonyl (C=O) groups excluding carboxylic acids is 2. The van der Waals surface area contributed by atoms with Crippen LogP contribution in [0, 0.1) is 5.92 Å². The molecule has 0 N–H and O–H groups in total. The average molecular weight is 314 g/mol. The summed E-state index contributed by atoms with van der Waals surface area (Å²) >= 11 is 5.91. The summed E-state index contributed by atoms with van der Waals surface area (Å²) in [5, 5.41) is 0.494. The van der Waals surface area contributed by atoms with Gasteiger partial charge in [0.25, 0.3) is 5.91 Å². The van der Waals surface area contributed by atoms with Crippen LogP contribution >= 0.6 is 11.6 Å². The molecule has 0 radical (unpaired) electrons. The summed E-state index contributed by atoms with van der Waals surface area (Å²) in [6.07, 6.45) is 0. The van der Waals surface area contributed by atoms with Gasteiger partial charge >= 0.3 is 5.97 Å². The topological polar surface area (TPSA) is 55.8 Å². The quantitative estimate of drug-likeness (QED) is 0.724. The fourth-order valence-corrected chi connectivity index (χ4v) is 2.08. The van der Waals surface area contributed by atoms with Gasteiger partial charge < -0.3 is 14.4 Å². The molecule has 0 aliphatic rings. The van der Waals surface area contributed by atoms with Crippen LogP contribution in [0.2, 0.25) is 5.02 Å². The highest BCUT2D eigenvalue weighted by Gasteiger charge is 2.22. The van der Waals surface area contributed by atoms with Crippen molar-refractivity contribution in [1.82, 2.24) is 4.90 Å². The maximum absolute atomic E-state index is 12.5. The van der Waals surface area contributed by atoms with Crippen molar-refractivity contribution in [3.63, 3.8) is 0 Å². The van der Waals surface area contributed by atoms with Gasteiger partial charge in [0.15, 0.2) is 0 Å². The molecule has 6 heteroatoms. The van der Waals surface area contributed by atoms with Gasteiger partial charge in [-0.1, -0.05) is 24.6 Å². The molecule has 1 aromatic carbocycles. The molecule has 1 atom stereocenters. The normalized spacial score (nSPS) is 11.8. The van der Waals surface area contributed by atoms with Crippen molar-refractivity contribution < 1.29 is 19.1 Å². The lowest BCUT2D eigenvalue weighted by Gasteiger charge is -2.25. The van der Waals surface area contributed by atoms with Gasteiger partial charge in [0.05, 0.1) is 19.6 Å². The predicted molar refractivity (Wildman–Crippen MR) is 80.4 cm³/mol. The number of esters is 1. The standard InChI is InChI=1S/C15H20ClNO4/c1-11(15(19)21-3)10-17(7-8-20-2)14(18)12-5-4-6-13(16)9-12/h4-6,9,11H,7-8,10H2,1-3H3. The van der Waals surface area contributed by atoms with Crippen LogP contribution in [-0.4, -0.2) is 50.7 Å². The first-order valence-electron chi connectivity index (χ1n) is 6.61. The van der Waals surface area contributed by atoms with Crippen LogP contribution in [-0.2, 0) is 14.3 Å². The molecule has 1 rings (SSSR count). The van der Waals surface area contributed by atoms with E-state index >= 15 is 0 Å². The van der Waals surface area contributed by atoms with Gasteiger partial charge in [-0.15, -0.1) is 0 Å². The number of amides is 1. The van der Waals surface area contributed by atoms with E-state index in [4.69, 9.17) is 21.1 Å². The number of benzene rings is 1. The van der Waals surface area contributed by atoms with E-state index in [1.54, 1.807) is 43.2 Å². The van der Waals surface area contributed by atoms with E-state index in [2.05, 4.69) is 0 Å². The second kappa shape index (κ2) is 8.64. The third-order valence-corrected chi connectivity index (χ3v) is 3.26. The molecule has 116 valence electrons. The molecular weight excluding hydrogens is 294 g/mol. The Morgan fingerprint density at radius 1 is 1.33 bits per heavy atom. The molecule has 5 nitrogen and oxygen atoms in total. The van der Waals surface area contributed by atoms with Gasteiger partial charge in [0.1, 0.15) is 0 Å². The maximum Gasteiger partial charge on any atom is 0.310 e. The van der Waals surface area contributed by atoms with E-state index in [0.29, 0.717) is 23.7 Å². The second-order valence-corrected chi connectivity index (χ2v) is 5.11. The molecular formula is C15H20ClNO4. The molecule has 0 aromatic heterocycles. The van der Waals surface area contributed by atoms with Gasteiger partial charge in [-0.05, 0) is 18.2 Å². The predicted octanol–water partition coefficient (Wildman–Crippen LogP) is 2.24. The Kier molecular flexibility index (Phi) is 7.19. The van der Waals surface area contributed by atoms with E-state index in [-0.39, 0.29) is 18.4 Å². The highest BCUT2D eigenvalue weighted by molar-refractivity contribution is 6.30. The van der Waals surface area contributed by atoms with Crippen LogP contribution in [0.5, 0.6) is 0 Å². The van der Waals surface area contributed by atoms with Crippen LogP contribution in [0.1, 0.15) is 17.3 Å². The molecule has 0 saturated carbocycles. The van der Waals surface area contributed by atoms with Crippen LogP contribution in [0.4, 0.5) is 0 Å². The van der Waals surface area contributed by atoms with E-state index in [1.165, 1.54) is 7.11 Å². The second-order valence-electron chi connectivity index (χ2n) is 4.68. The van der Waals surface area contributed by atoms with Gasteiger partial charge in [0.2, 0.25) is 0 Å². The summed E-state index contributed by atoms with van der Waals surface area (Å²) in [5.74, 6) is -0.948. The van der Waals surface area contributed by atoms with E-state index in [0.717, 1.165) is 0 Å². The number of carbonyl (C=O) groups is 2. The lowest BCUT2D eigenvalue weighted by atomic mass is 10.1. The van der Waals surface area contributed by atoms with Gasteiger partial charge in [-0.25, -0.2) is 0 Å². The van der Waals surface area contributed by atoms with E-state index in [1.807, 2.05) is 0 Å². The molecule has 1 amide bonds. The number of methoxy groups -OCH3 is 2. The smallest absolute Gasteiger partial charge is 0.310 e. The Hall–Kier alpha value is -1.59. The lowest BCUT2D eigenvalue weighted by molar-refractivity contribution is -0.145. The first-order chi connectivity index (χ1) is 9.99. The first-order valence-corrected chi connectivity index (χ1v) is 6.99. The molecule has 0 heterocycles. The van der Waals surface area contributed by atoms with Crippen molar-refractivity contribution in [1.29, 1.82) is 0 Å². The molecule has 0 aliphatic heterocycles. The molecule has 0 aliphatic carbocycles. The van der Waals surface area contributed by atoms with Crippen LogP contribution < -0.4 is 0 Å². The van der Waals surface area contributed by atoms with Crippen molar-refractivity contribution in [2.24, 2.45) is 5.92 Å². The van der Waals surface area contributed by atoms with Crippen molar-refractivity contribution in [2.45, 2.75) is 6.92 Å². The SMILES string of the molecule is COCCN(CC(C)C(=O)OC)C(=O)c1cccc(Cl)c1. The van der Waals surface area contributed by atoms with Crippen molar-refractivity contribution >= 4 is 23.5 Å². The Morgan fingerprint density at radius 3 is 2.62 bits per heavy atom. The Balaban J connectivity index is 2.85. The summed E-state index contributed by atoms with van der Waals surface area (Å²) in [6.45, 7) is 2.77. The number of nitrogens with zero attached hydrogens (tertiary/aromatic N) is 1. The molecule has 0 spiro atoms. The molecule has 1 aromatic rings. The van der Waals surface area contributed by atoms with Gasteiger partial charge in [-0.3, -0.25) is 9.59 Å². The average Bonchev–Trinajstić information content (AvgIpc) is 2.49. The minimum absolute atomic E-state index is 0.190. The summed E-state index contributed by atoms with van der Waals surface area (Å²) < 4.78 is 9.71. The number of hydrogen-bond acceptors (Lipinski definition) is 4. The third kappa shape index (κ3) is 5.36. The van der Waals surface area contributed by atoms with E-state index in [9.17, 15) is 9.59 Å². The largest absolute Gasteiger partial charge is 0.469 e. The number of hydrogen-bond donors (Lipinski definition) is 0.